The Bertz CT molecular complexity index is 1350. The third-order valence-electron chi connectivity index (χ3n) is 6.39. The molecule has 8 heteroatoms. The highest BCUT2D eigenvalue weighted by molar-refractivity contribution is 7.18. The summed E-state index contributed by atoms with van der Waals surface area (Å²) in [6, 6.07) is 9.10. The molecule has 1 N–H and O–H groups in total. The van der Waals surface area contributed by atoms with Crippen LogP contribution < -0.4 is 10.9 Å². The zero-order valence-corrected chi connectivity index (χ0v) is 19.8. The molecule has 1 atom stereocenters. The highest BCUT2D eigenvalue weighted by Crippen LogP contribution is 2.33. The molecule has 0 radical (unpaired) electrons. The van der Waals surface area contributed by atoms with Gasteiger partial charge >= 0.3 is 0 Å². The monoisotopic (exact) mass is 465 g/mol. The first-order valence-corrected chi connectivity index (χ1v) is 12.3. The lowest BCUT2D eigenvalue weighted by molar-refractivity contribution is 0.462. The van der Waals surface area contributed by atoms with Crippen LogP contribution in [0.15, 0.2) is 41.5 Å². The first-order valence-electron chi connectivity index (χ1n) is 11.5. The van der Waals surface area contributed by atoms with Gasteiger partial charge in [0.1, 0.15) is 10.6 Å². The molecule has 0 fully saturated rings. The van der Waals surface area contributed by atoms with Gasteiger partial charge in [0.15, 0.2) is 0 Å². The van der Waals surface area contributed by atoms with Gasteiger partial charge in [-0.05, 0) is 68.9 Å². The van der Waals surface area contributed by atoms with E-state index in [0.29, 0.717) is 19.1 Å². The van der Waals surface area contributed by atoms with Crippen molar-refractivity contribution in [2.75, 3.05) is 0 Å². The lowest BCUT2D eigenvalue weighted by Gasteiger charge is -2.23. The third kappa shape index (κ3) is 4.63. The van der Waals surface area contributed by atoms with Crippen LogP contribution in [0.3, 0.4) is 0 Å². The van der Waals surface area contributed by atoms with Crippen molar-refractivity contribution in [3.8, 4) is 0 Å². The van der Waals surface area contributed by atoms with Crippen LogP contribution in [-0.2, 0) is 32.5 Å². The normalized spacial score (nSPS) is 15.8. The quantitative estimate of drug-likeness (QED) is 0.445. The van der Waals surface area contributed by atoms with Crippen molar-refractivity contribution in [3.63, 3.8) is 0 Å². The molecule has 33 heavy (non-hydrogen) atoms. The Hall–Kier alpha value is -2.84. The molecule has 3 aromatic heterocycles. The molecule has 0 saturated carbocycles. The average Bonchev–Trinajstić information content (AvgIpc) is 3.32. The van der Waals surface area contributed by atoms with Crippen molar-refractivity contribution < 1.29 is 4.39 Å². The fraction of sp³-hybridized carbons (Fsp3) is 0.400. The summed E-state index contributed by atoms with van der Waals surface area (Å²) in [4.78, 5) is 20.0. The second-order valence-electron chi connectivity index (χ2n) is 8.88. The van der Waals surface area contributed by atoms with Crippen molar-refractivity contribution >= 4 is 21.6 Å². The van der Waals surface area contributed by atoms with E-state index in [4.69, 9.17) is 0 Å². The smallest absolute Gasteiger partial charge is 0.262 e. The molecule has 4 aromatic rings. The van der Waals surface area contributed by atoms with Gasteiger partial charge in [-0.1, -0.05) is 12.1 Å². The fourth-order valence-corrected chi connectivity index (χ4v) is 5.99. The van der Waals surface area contributed by atoms with Crippen LogP contribution in [0.1, 0.15) is 40.2 Å². The van der Waals surface area contributed by atoms with E-state index in [0.717, 1.165) is 59.4 Å². The maximum absolute atomic E-state index is 13.4. The Kier molecular flexibility index (Phi) is 6.12. The molecule has 0 bridgehead atoms. The van der Waals surface area contributed by atoms with E-state index < -0.39 is 0 Å². The van der Waals surface area contributed by atoms with Gasteiger partial charge in [0.25, 0.3) is 5.56 Å². The number of rotatable bonds is 7. The van der Waals surface area contributed by atoms with Crippen LogP contribution in [0.2, 0.25) is 0 Å². The van der Waals surface area contributed by atoms with Crippen molar-refractivity contribution in [2.45, 2.75) is 65.2 Å². The first kappa shape index (κ1) is 22.0. The molecule has 0 aliphatic heterocycles. The molecular weight excluding hydrogens is 437 g/mol. The average molecular weight is 466 g/mol. The van der Waals surface area contributed by atoms with E-state index >= 15 is 0 Å². The topological polar surface area (TPSA) is 64.7 Å². The van der Waals surface area contributed by atoms with E-state index in [-0.39, 0.29) is 11.4 Å². The highest BCUT2D eigenvalue weighted by atomic mass is 32.1. The minimum absolute atomic E-state index is 0.0667. The predicted molar refractivity (Wildman–Crippen MR) is 129 cm³/mol. The van der Waals surface area contributed by atoms with Crippen LogP contribution in [0.5, 0.6) is 0 Å². The number of nitrogens with zero attached hydrogens (tertiary/aromatic N) is 4. The van der Waals surface area contributed by atoms with Gasteiger partial charge in [0.05, 0.1) is 17.4 Å². The van der Waals surface area contributed by atoms with Gasteiger partial charge in [0.2, 0.25) is 0 Å². The summed E-state index contributed by atoms with van der Waals surface area (Å²) in [5.41, 5.74) is 4.34. The Morgan fingerprint density at radius 3 is 2.91 bits per heavy atom. The fourth-order valence-electron chi connectivity index (χ4n) is 4.74. The maximum Gasteiger partial charge on any atom is 0.262 e. The van der Waals surface area contributed by atoms with Crippen molar-refractivity contribution in [1.82, 2.24) is 24.6 Å². The standard InChI is InChI=1S/C25H28FN5OS/c1-16-11-17(2)31(29-16)10-4-9-30-15-28-24-23(25(30)32)21-8-7-20(13-22(21)33-24)27-14-18-5-3-6-19(26)12-18/h3,5-6,11-12,15,20,27H,4,7-10,13-14H2,1-2H3/t20-/m1/s1. The van der Waals surface area contributed by atoms with Crippen LogP contribution >= 0.6 is 11.3 Å². The Labute approximate surface area is 196 Å². The third-order valence-corrected chi connectivity index (χ3v) is 7.55. The number of fused-ring (bicyclic) bond motifs is 3. The first-order chi connectivity index (χ1) is 16.0. The predicted octanol–water partition coefficient (Wildman–Crippen LogP) is 4.15. The van der Waals surface area contributed by atoms with Gasteiger partial charge in [-0.3, -0.25) is 14.0 Å². The number of aryl methyl sites for hydroxylation is 5. The zero-order chi connectivity index (χ0) is 22.9. The largest absolute Gasteiger partial charge is 0.310 e. The van der Waals surface area contributed by atoms with E-state index in [1.54, 1.807) is 34.4 Å². The SMILES string of the molecule is Cc1cc(C)n(CCCn2cnc3sc4c(c3c2=O)CC[C@@H](NCc2cccc(F)c2)C4)n1. The highest BCUT2D eigenvalue weighted by Gasteiger charge is 2.25. The minimum Gasteiger partial charge on any atom is -0.310 e. The molecule has 1 aliphatic carbocycles. The number of nitrogens with one attached hydrogen (secondary N) is 1. The molecule has 3 heterocycles. The molecule has 172 valence electrons. The number of hydrogen-bond acceptors (Lipinski definition) is 5. The van der Waals surface area contributed by atoms with Gasteiger partial charge < -0.3 is 5.32 Å². The summed E-state index contributed by atoms with van der Waals surface area (Å²) in [6.45, 7) is 6.10. The number of hydrogen-bond donors (Lipinski definition) is 1. The van der Waals surface area contributed by atoms with Gasteiger partial charge in [-0.15, -0.1) is 11.3 Å². The zero-order valence-electron chi connectivity index (χ0n) is 19.0. The van der Waals surface area contributed by atoms with Crippen molar-refractivity contribution in [3.05, 3.63) is 80.2 Å². The van der Waals surface area contributed by atoms with E-state index in [2.05, 4.69) is 28.4 Å². The molecule has 0 amide bonds. The molecule has 0 saturated heterocycles. The molecule has 1 aromatic carbocycles. The minimum atomic E-state index is -0.207. The molecule has 6 nitrogen and oxygen atoms in total. The Morgan fingerprint density at radius 2 is 2.12 bits per heavy atom. The Morgan fingerprint density at radius 1 is 1.24 bits per heavy atom. The lowest BCUT2D eigenvalue weighted by Crippen LogP contribution is -2.33. The van der Waals surface area contributed by atoms with E-state index in [9.17, 15) is 9.18 Å². The summed E-state index contributed by atoms with van der Waals surface area (Å²) in [7, 11) is 0. The number of aromatic nitrogens is 4. The number of thiophene rings is 1. The molecule has 0 spiro atoms. The summed E-state index contributed by atoms with van der Waals surface area (Å²) < 4.78 is 17.2. The number of benzene rings is 1. The second-order valence-corrected chi connectivity index (χ2v) is 9.97. The Balaban J connectivity index is 1.27. The number of halogens is 1. The van der Waals surface area contributed by atoms with Gasteiger partial charge in [-0.2, -0.15) is 5.10 Å². The van der Waals surface area contributed by atoms with Gasteiger partial charge in [-0.25, -0.2) is 9.37 Å². The van der Waals surface area contributed by atoms with Crippen LogP contribution in [0, 0.1) is 19.7 Å². The van der Waals surface area contributed by atoms with E-state index in [1.807, 2.05) is 17.7 Å². The van der Waals surface area contributed by atoms with Crippen LogP contribution in [-0.4, -0.2) is 25.4 Å². The van der Waals surface area contributed by atoms with Crippen molar-refractivity contribution in [2.24, 2.45) is 0 Å². The maximum atomic E-state index is 13.4. The molecule has 1 aliphatic rings. The summed E-state index contributed by atoms with van der Waals surface area (Å²) in [6.07, 6.45) is 5.22. The lowest BCUT2D eigenvalue weighted by atomic mass is 9.93. The molecule has 5 rings (SSSR count). The summed E-state index contributed by atoms with van der Waals surface area (Å²) >= 11 is 1.64. The second kappa shape index (κ2) is 9.19. The van der Waals surface area contributed by atoms with E-state index in [1.165, 1.54) is 16.5 Å². The summed E-state index contributed by atoms with van der Waals surface area (Å²) in [5.74, 6) is -0.207. The van der Waals surface area contributed by atoms with Crippen LogP contribution in [0.25, 0.3) is 10.2 Å². The summed E-state index contributed by atoms with van der Waals surface area (Å²) in [5, 5.41) is 8.85. The van der Waals surface area contributed by atoms with Crippen LogP contribution in [0.4, 0.5) is 4.39 Å². The van der Waals surface area contributed by atoms with Gasteiger partial charge in [0, 0.05) is 36.2 Å². The van der Waals surface area contributed by atoms with Crippen molar-refractivity contribution in [1.29, 1.82) is 0 Å². The molecular formula is C25H28FN5OS. The molecule has 0 unspecified atom stereocenters.